The third kappa shape index (κ3) is 4.65. The summed E-state index contributed by atoms with van der Waals surface area (Å²) in [5.41, 5.74) is 0.676. The number of urea groups is 1. The molecule has 6 nitrogen and oxygen atoms in total. The van der Waals surface area contributed by atoms with Gasteiger partial charge in [-0.3, -0.25) is 0 Å². The molecule has 0 aromatic heterocycles. The number of hydrogen-bond donors (Lipinski definition) is 3. The number of halogens is 1. The predicted octanol–water partition coefficient (Wildman–Crippen LogP) is 2.83. The number of carboxylic acids is 1. The second kappa shape index (κ2) is 7.50. The van der Waals surface area contributed by atoms with E-state index in [9.17, 15) is 9.59 Å². The zero-order valence-electron chi connectivity index (χ0n) is 11.7. The van der Waals surface area contributed by atoms with Crippen molar-refractivity contribution in [3.8, 4) is 6.07 Å². The molecule has 0 aliphatic carbocycles. The maximum atomic E-state index is 11.8. The van der Waals surface area contributed by atoms with E-state index in [1.165, 1.54) is 18.2 Å². The Bertz CT molecular complexity index is 583. The predicted molar refractivity (Wildman–Crippen MR) is 79.2 cm³/mol. The lowest BCUT2D eigenvalue weighted by Crippen LogP contribution is -2.46. The normalized spacial score (nSPS) is 12.9. The highest BCUT2D eigenvalue weighted by Gasteiger charge is 2.25. The molecule has 0 saturated heterocycles. The summed E-state index contributed by atoms with van der Waals surface area (Å²) in [4.78, 5) is 22.9. The second-order valence-corrected chi connectivity index (χ2v) is 5.01. The Morgan fingerprint density at radius 1 is 1.48 bits per heavy atom. The number of benzene rings is 1. The minimum atomic E-state index is -1.09. The molecule has 0 fully saturated rings. The van der Waals surface area contributed by atoms with Crippen LogP contribution >= 0.6 is 11.6 Å². The quantitative estimate of drug-likeness (QED) is 0.778. The van der Waals surface area contributed by atoms with Crippen molar-refractivity contribution in [3.05, 3.63) is 28.8 Å². The molecule has 7 heteroatoms. The van der Waals surface area contributed by atoms with E-state index in [0.717, 1.165) is 0 Å². The highest BCUT2D eigenvalue weighted by Crippen LogP contribution is 2.20. The minimum Gasteiger partial charge on any atom is -0.480 e. The van der Waals surface area contributed by atoms with E-state index in [2.05, 4.69) is 10.6 Å². The van der Waals surface area contributed by atoms with Crippen molar-refractivity contribution in [2.45, 2.75) is 26.3 Å². The lowest BCUT2D eigenvalue weighted by atomic mass is 9.99. The molecule has 21 heavy (non-hydrogen) atoms. The highest BCUT2D eigenvalue weighted by molar-refractivity contribution is 6.32. The number of rotatable bonds is 5. The van der Waals surface area contributed by atoms with Crippen LogP contribution in [0.25, 0.3) is 0 Å². The molecule has 2 atom stereocenters. The van der Waals surface area contributed by atoms with Crippen LogP contribution in [0.2, 0.25) is 5.02 Å². The van der Waals surface area contributed by atoms with Crippen molar-refractivity contribution < 1.29 is 14.7 Å². The largest absolute Gasteiger partial charge is 0.480 e. The summed E-state index contributed by atoms with van der Waals surface area (Å²) in [5, 5.41) is 23.0. The number of amides is 2. The molecule has 1 unspecified atom stereocenters. The standard InChI is InChI=1S/C14H16ClN3O3/c1-3-8(2)12(13(19)20)18-14(21)17-10-5-4-9(7-16)11(15)6-10/h4-6,8,12H,3H2,1-2H3,(H,19,20)(H2,17,18,21)/t8?,12-/m0/s1. The fraction of sp³-hybridized carbons (Fsp3) is 0.357. The number of carbonyl (C=O) groups excluding carboxylic acids is 1. The number of nitrogens with one attached hydrogen (secondary N) is 2. The molecular weight excluding hydrogens is 294 g/mol. The zero-order valence-corrected chi connectivity index (χ0v) is 12.4. The van der Waals surface area contributed by atoms with Gasteiger partial charge in [0.15, 0.2) is 0 Å². The average molecular weight is 310 g/mol. The summed E-state index contributed by atoms with van der Waals surface area (Å²) in [6.07, 6.45) is 0.625. The van der Waals surface area contributed by atoms with Crippen LogP contribution in [0.3, 0.4) is 0 Å². The van der Waals surface area contributed by atoms with Gasteiger partial charge in [0.25, 0.3) is 0 Å². The highest BCUT2D eigenvalue weighted by atomic mass is 35.5. The first-order valence-corrected chi connectivity index (χ1v) is 6.76. The summed E-state index contributed by atoms with van der Waals surface area (Å²) in [5.74, 6) is -1.28. The van der Waals surface area contributed by atoms with Gasteiger partial charge >= 0.3 is 12.0 Å². The molecule has 1 aromatic rings. The first-order valence-electron chi connectivity index (χ1n) is 6.39. The van der Waals surface area contributed by atoms with E-state index >= 15 is 0 Å². The molecule has 0 saturated carbocycles. The van der Waals surface area contributed by atoms with Gasteiger partial charge < -0.3 is 15.7 Å². The molecule has 0 radical (unpaired) electrons. The molecule has 2 amide bonds. The van der Waals surface area contributed by atoms with Crippen LogP contribution in [0.5, 0.6) is 0 Å². The monoisotopic (exact) mass is 309 g/mol. The summed E-state index contributed by atoms with van der Waals surface area (Å²) >= 11 is 5.85. The number of aliphatic carboxylic acids is 1. The number of carboxylic acid groups (broad SMARTS) is 1. The van der Waals surface area contributed by atoms with Gasteiger partial charge in [0.05, 0.1) is 10.6 Å². The molecule has 1 rings (SSSR count). The Balaban J connectivity index is 2.75. The first kappa shape index (κ1) is 16.8. The maximum absolute atomic E-state index is 11.8. The molecule has 112 valence electrons. The van der Waals surface area contributed by atoms with E-state index in [4.69, 9.17) is 22.0 Å². The van der Waals surface area contributed by atoms with Gasteiger partial charge in [-0.05, 0) is 24.1 Å². The van der Waals surface area contributed by atoms with E-state index in [0.29, 0.717) is 17.7 Å². The molecule has 0 heterocycles. The Hall–Kier alpha value is -2.26. The summed E-state index contributed by atoms with van der Waals surface area (Å²) in [7, 11) is 0. The van der Waals surface area contributed by atoms with Crippen molar-refractivity contribution in [1.82, 2.24) is 5.32 Å². The van der Waals surface area contributed by atoms with E-state index < -0.39 is 18.0 Å². The zero-order chi connectivity index (χ0) is 16.0. The fourth-order valence-corrected chi connectivity index (χ4v) is 1.90. The second-order valence-electron chi connectivity index (χ2n) is 4.61. The lowest BCUT2D eigenvalue weighted by Gasteiger charge is -2.20. The summed E-state index contributed by atoms with van der Waals surface area (Å²) in [6.45, 7) is 3.60. The van der Waals surface area contributed by atoms with Crippen LogP contribution in [0.4, 0.5) is 10.5 Å². The third-order valence-corrected chi connectivity index (χ3v) is 3.43. The van der Waals surface area contributed by atoms with Gasteiger partial charge in [-0.25, -0.2) is 9.59 Å². The SMILES string of the molecule is CCC(C)[C@H](NC(=O)Nc1ccc(C#N)c(Cl)c1)C(=O)O. The fourth-order valence-electron chi connectivity index (χ4n) is 1.68. The summed E-state index contributed by atoms with van der Waals surface area (Å²) in [6, 6.07) is 4.72. The Morgan fingerprint density at radius 3 is 2.62 bits per heavy atom. The number of carbonyl (C=O) groups is 2. The van der Waals surface area contributed by atoms with Crippen molar-refractivity contribution in [3.63, 3.8) is 0 Å². The van der Waals surface area contributed by atoms with Crippen molar-refractivity contribution in [2.24, 2.45) is 5.92 Å². The van der Waals surface area contributed by atoms with Crippen molar-refractivity contribution in [2.75, 3.05) is 5.32 Å². The molecule has 3 N–H and O–H groups in total. The van der Waals surface area contributed by atoms with Crippen molar-refractivity contribution in [1.29, 1.82) is 5.26 Å². The van der Waals surface area contributed by atoms with Crippen LogP contribution in [0, 0.1) is 17.2 Å². The Morgan fingerprint density at radius 2 is 2.14 bits per heavy atom. The molecule has 0 aliphatic rings. The Labute approximate surface area is 127 Å². The van der Waals surface area contributed by atoms with Gasteiger partial charge in [0.1, 0.15) is 12.1 Å². The smallest absolute Gasteiger partial charge is 0.326 e. The number of hydrogen-bond acceptors (Lipinski definition) is 3. The van der Waals surface area contributed by atoms with Crippen LogP contribution in [0.1, 0.15) is 25.8 Å². The topological polar surface area (TPSA) is 102 Å². The molecule has 0 spiro atoms. The number of nitriles is 1. The van der Waals surface area contributed by atoms with Crippen LogP contribution < -0.4 is 10.6 Å². The van der Waals surface area contributed by atoms with Gasteiger partial charge in [0.2, 0.25) is 0 Å². The number of nitrogens with zero attached hydrogens (tertiary/aromatic N) is 1. The number of anilines is 1. The Kier molecular flexibility index (Phi) is 6.00. The molecule has 0 aliphatic heterocycles. The average Bonchev–Trinajstić information content (AvgIpc) is 2.44. The van der Waals surface area contributed by atoms with Gasteiger partial charge in [-0.15, -0.1) is 0 Å². The summed E-state index contributed by atoms with van der Waals surface area (Å²) < 4.78 is 0. The van der Waals surface area contributed by atoms with E-state index in [1.807, 2.05) is 13.0 Å². The van der Waals surface area contributed by atoms with Gasteiger partial charge in [-0.2, -0.15) is 5.26 Å². The first-order chi connectivity index (χ1) is 9.88. The van der Waals surface area contributed by atoms with Crippen molar-refractivity contribution >= 4 is 29.3 Å². The third-order valence-electron chi connectivity index (χ3n) is 3.11. The molecule has 1 aromatic carbocycles. The van der Waals surface area contributed by atoms with Crippen LogP contribution in [-0.2, 0) is 4.79 Å². The maximum Gasteiger partial charge on any atom is 0.326 e. The van der Waals surface area contributed by atoms with Gasteiger partial charge in [-0.1, -0.05) is 31.9 Å². The molecular formula is C14H16ClN3O3. The van der Waals surface area contributed by atoms with E-state index in [-0.39, 0.29) is 10.9 Å². The van der Waals surface area contributed by atoms with Crippen LogP contribution in [0.15, 0.2) is 18.2 Å². The van der Waals surface area contributed by atoms with E-state index in [1.54, 1.807) is 6.92 Å². The lowest BCUT2D eigenvalue weighted by molar-refractivity contribution is -0.140. The van der Waals surface area contributed by atoms with Gasteiger partial charge in [0, 0.05) is 5.69 Å². The van der Waals surface area contributed by atoms with Crippen LogP contribution in [-0.4, -0.2) is 23.1 Å². The molecule has 0 bridgehead atoms. The minimum absolute atomic E-state index is 0.196.